The van der Waals surface area contributed by atoms with Crippen LogP contribution >= 0.6 is 0 Å². The minimum absolute atomic E-state index is 0.0854. The van der Waals surface area contributed by atoms with Crippen molar-refractivity contribution in [3.63, 3.8) is 0 Å². The summed E-state index contributed by atoms with van der Waals surface area (Å²) < 4.78 is 6.87. The molecule has 26 heavy (non-hydrogen) atoms. The standard InChI is InChI=1S/C18H28N6O2/c1-4-22(13-17-20-14(3)26-21-17)16-7-6-9-23(10-8-16)18(25)15-11-19-24(5-2)12-15/h11-12,16H,4-10,13H2,1-3H3. The van der Waals surface area contributed by atoms with Crippen molar-refractivity contribution in [2.24, 2.45) is 0 Å². The van der Waals surface area contributed by atoms with Crippen LogP contribution in [0.3, 0.4) is 0 Å². The van der Waals surface area contributed by atoms with Gasteiger partial charge in [0.05, 0.1) is 18.3 Å². The van der Waals surface area contributed by atoms with E-state index < -0.39 is 0 Å². The van der Waals surface area contributed by atoms with Crippen molar-refractivity contribution in [3.8, 4) is 0 Å². The Kier molecular flexibility index (Phi) is 6.03. The normalized spacial score (nSPS) is 18.3. The number of carbonyl (C=O) groups is 1. The number of aromatic nitrogens is 4. The van der Waals surface area contributed by atoms with Gasteiger partial charge in [-0.3, -0.25) is 14.4 Å². The molecule has 1 aliphatic heterocycles. The molecule has 0 N–H and O–H groups in total. The predicted molar refractivity (Wildman–Crippen MR) is 96.6 cm³/mol. The summed E-state index contributed by atoms with van der Waals surface area (Å²) in [5.74, 6) is 1.41. The van der Waals surface area contributed by atoms with E-state index in [1.165, 1.54) is 0 Å². The Morgan fingerprint density at radius 1 is 1.35 bits per heavy atom. The van der Waals surface area contributed by atoms with Crippen LogP contribution in [-0.4, -0.2) is 61.3 Å². The van der Waals surface area contributed by atoms with Crippen molar-refractivity contribution < 1.29 is 9.32 Å². The van der Waals surface area contributed by atoms with Crippen molar-refractivity contribution in [1.29, 1.82) is 0 Å². The number of carbonyl (C=O) groups excluding carboxylic acids is 1. The molecule has 3 rings (SSSR count). The van der Waals surface area contributed by atoms with E-state index in [9.17, 15) is 4.79 Å². The third kappa shape index (κ3) is 4.30. The second kappa shape index (κ2) is 8.44. The summed E-state index contributed by atoms with van der Waals surface area (Å²) >= 11 is 0. The molecule has 8 heteroatoms. The van der Waals surface area contributed by atoms with Crippen molar-refractivity contribution in [2.45, 2.75) is 59.2 Å². The van der Waals surface area contributed by atoms with Crippen LogP contribution in [0.4, 0.5) is 0 Å². The summed E-state index contributed by atoms with van der Waals surface area (Å²) in [7, 11) is 0. The molecule has 0 radical (unpaired) electrons. The third-order valence-electron chi connectivity index (χ3n) is 5.03. The van der Waals surface area contributed by atoms with Crippen LogP contribution in [0.5, 0.6) is 0 Å². The zero-order valence-corrected chi connectivity index (χ0v) is 15.9. The molecule has 1 atom stereocenters. The van der Waals surface area contributed by atoms with Crippen LogP contribution in [0.15, 0.2) is 16.9 Å². The highest BCUT2D eigenvalue weighted by Gasteiger charge is 2.26. The van der Waals surface area contributed by atoms with E-state index in [2.05, 4.69) is 27.1 Å². The number of amides is 1. The van der Waals surface area contributed by atoms with Gasteiger partial charge in [-0.1, -0.05) is 12.1 Å². The van der Waals surface area contributed by atoms with Gasteiger partial charge in [-0.25, -0.2) is 0 Å². The van der Waals surface area contributed by atoms with Crippen LogP contribution in [0.2, 0.25) is 0 Å². The van der Waals surface area contributed by atoms with Crippen LogP contribution in [-0.2, 0) is 13.1 Å². The van der Waals surface area contributed by atoms with Crippen molar-refractivity contribution in [1.82, 2.24) is 29.7 Å². The molecular weight excluding hydrogens is 332 g/mol. The van der Waals surface area contributed by atoms with Crippen molar-refractivity contribution >= 4 is 5.91 Å². The largest absolute Gasteiger partial charge is 0.340 e. The molecule has 1 fully saturated rings. The van der Waals surface area contributed by atoms with Gasteiger partial charge in [0.2, 0.25) is 5.89 Å². The lowest BCUT2D eigenvalue weighted by molar-refractivity contribution is 0.0755. The topological polar surface area (TPSA) is 80.3 Å². The first kappa shape index (κ1) is 18.6. The molecule has 2 aromatic heterocycles. The van der Waals surface area contributed by atoms with E-state index >= 15 is 0 Å². The number of aryl methyl sites for hydroxylation is 2. The summed E-state index contributed by atoms with van der Waals surface area (Å²) in [6.45, 7) is 9.93. The number of likely N-dealkylation sites (tertiary alicyclic amines) is 1. The summed E-state index contributed by atoms with van der Waals surface area (Å²) in [4.78, 5) is 21.4. The first-order valence-corrected chi connectivity index (χ1v) is 9.45. The maximum Gasteiger partial charge on any atom is 0.257 e. The number of nitrogens with zero attached hydrogens (tertiary/aromatic N) is 6. The highest BCUT2D eigenvalue weighted by atomic mass is 16.5. The minimum Gasteiger partial charge on any atom is -0.340 e. The van der Waals surface area contributed by atoms with Gasteiger partial charge >= 0.3 is 0 Å². The minimum atomic E-state index is 0.0854. The summed E-state index contributed by atoms with van der Waals surface area (Å²) in [6, 6.07) is 0.426. The van der Waals surface area contributed by atoms with Crippen molar-refractivity contribution in [3.05, 3.63) is 29.7 Å². The molecule has 3 heterocycles. The molecular formula is C18H28N6O2. The molecule has 0 aliphatic carbocycles. The van der Waals surface area contributed by atoms with E-state index in [0.29, 0.717) is 24.0 Å². The highest BCUT2D eigenvalue weighted by molar-refractivity contribution is 5.93. The zero-order chi connectivity index (χ0) is 18.5. The average Bonchev–Trinajstić information content (AvgIpc) is 3.22. The van der Waals surface area contributed by atoms with E-state index in [0.717, 1.165) is 51.3 Å². The van der Waals surface area contributed by atoms with E-state index in [1.807, 2.05) is 24.9 Å². The Labute approximate surface area is 154 Å². The maximum atomic E-state index is 12.7. The fourth-order valence-electron chi connectivity index (χ4n) is 3.56. The van der Waals surface area contributed by atoms with Gasteiger partial charge < -0.3 is 9.42 Å². The first-order chi connectivity index (χ1) is 12.6. The lowest BCUT2D eigenvalue weighted by Gasteiger charge is -2.28. The second-order valence-corrected chi connectivity index (χ2v) is 6.75. The quantitative estimate of drug-likeness (QED) is 0.785. The molecule has 1 saturated heterocycles. The fourth-order valence-corrected chi connectivity index (χ4v) is 3.56. The molecule has 1 amide bonds. The van der Waals surface area contributed by atoms with Gasteiger partial charge in [0.1, 0.15) is 0 Å². The van der Waals surface area contributed by atoms with Crippen LogP contribution in [0.25, 0.3) is 0 Å². The molecule has 142 valence electrons. The molecule has 0 bridgehead atoms. The molecule has 1 unspecified atom stereocenters. The smallest absolute Gasteiger partial charge is 0.257 e. The van der Waals surface area contributed by atoms with Gasteiger partial charge in [-0.2, -0.15) is 10.1 Å². The Morgan fingerprint density at radius 2 is 2.19 bits per heavy atom. The lowest BCUT2D eigenvalue weighted by atomic mass is 10.1. The Morgan fingerprint density at radius 3 is 2.85 bits per heavy atom. The predicted octanol–water partition coefficient (Wildman–Crippen LogP) is 2.11. The number of rotatable bonds is 6. The highest BCUT2D eigenvalue weighted by Crippen LogP contribution is 2.20. The van der Waals surface area contributed by atoms with Gasteiger partial charge in [-0.05, 0) is 32.7 Å². The Hall–Kier alpha value is -2.22. The van der Waals surface area contributed by atoms with E-state index in [-0.39, 0.29) is 5.91 Å². The van der Waals surface area contributed by atoms with Crippen molar-refractivity contribution in [2.75, 3.05) is 19.6 Å². The Bertz CT molecular complexity index is 725. The monoisotopic (exact) mass is 360 g/mol. The van der Waals surface area contributed by atoms with Crippen LogP contribution < -0.4 is 0 Å². The van der Waals surface area contributed by atoms with Crippen LogP contribution in [0.1, 0.15) is 55.2 Å². The van der Waals surface area contributed by atoms with Gasteiger partial charge in [0.15, 0.2) is 5.82 Å². The fraction of sp³-hybridized carbons (Fsp3) is 0.667. The SMILES string of the molecule is CCN(Cc1noc(C)n1)C1CCCN(C(=O)c2cnn(CC)c2)CC1. The molecule has 2 aromatic rings. The maximum absolute atomic E-state index is 12.7. The van der Waals surface area contributed by atoms with Gasteiger partial charge in [0.25, 0.3) is 5.91 Å². The summed E-state index contributed by atoms with van der Waals surface area (Å²) in [6.07, 6.45) is 6.54. The van der Waals surface area contributed by atoms with Gasteiger partial charge in [0, 0.05) is 38.8 Å². The first-order valence-electron chi connectivity index (χ1n) is 9.45. The lowest BCUT2D eigenvalue weighted by Crippen LogP contribution is -2.37. The van der Waals surface area contributed by atoms with Crippen LogP contribution in [0, 0.1) is 6.92 Å². The van der Waals surface area contributed by atoms with E-state index in [1.54, 1.807) is 10.9 Å². The molecule has 0 aromatic carbocycles. The third-order valence-corrected chi connectivity index (χ3v) is 5.03. The van der Waals surface area contributed by atoms with E-state index in [4.69, 9.17) is 4.52 Å². The second-order valence-electron chi connectivity index (χ2n) is 6.75. The molecule has 1 aliphatic rings. The van der Waals surface area contributed by atoms with Gasteiger partial charge in [-0.15, -0.1) is 0 Å². The Balaban J connectivity index is 1.60. The summed E-state index contributed by atoms with van der Waals surface area (Å²) in [5.41, 5.74) is 0.680. The number of hydrogen-bond donors (Lipinski definition) is 0. The molecule has 0 saturated carbocycles. The average molecular weight is 360 g/mol. The molecule has 8 nitrogen and oxygen atoms in total. The zero-order valence-electron chi connectivity index (χ0n) is 15.9. The number of hydrogen-bond acceptors (Lipinski definition) is 6. The summed E-state index contributed by atoms with van der Waals surface area (Å²) in [5, 5.41) is 8.23. The molecule has 0 spiro atoms.